The van der Waals surface area contributed by atoms with E-state index in [1.807, 2.05) is 24.3 Å². The van der Waals surface area contributed by atoms with Gasteiger partial charge in [-0.05, 0) is 29.8 Å². The molecule has 0 heterocycles. The Morgan fingerprint density at radius 2 is 1.75 bits per heavy atom. The molecule has 0 aromatic heterocycles. The molecule has 3 heteroatoms. The van der Waals surface area contributed by atoms with E-state index in [1.165, 1.54) is 11.0 Å². The Morgan fingerprint density at radius 3 is 2.50 bits per heavy atom. The lowest BCUT2D eigenvalue weighted by Gasteiger charge is -2.01. The minimum Gasteiger partial charge on any atom is -0.207 e. The molecule has 0 spiro atoms. The van der Waals surface area contributed by atoms with E-state index in [9.17, 15) is 4.39 Å². The molecule has 16 heavy (non-hydrogen) atoms. The van der Waals surface area contributed by atoms with Crippen molar-refractivity contribution >= 4 is 21.6 Å². The number of halogens is 1. The lowest BCUT2D eigenvalue weighted by molar-refractivity contribution is 0.626. The SMILES string of the molecule is Fc1cccc(CSSc2ccccc2)c1. The molecule has 0 bridgehead atoms. The van der Waals surface area contributed by atoms with Crippen molar-refractivity contribution in [3.8, 4) is 0 Å². The Bertz CT molecular complexity index is 443. The minimum atomic E-state index is -0.164. The summed E-state index contributed by atoms with van der Waals surface area (Å²) >= 11 is 0. The smallest absolute Gasteiger partial charge is 0.123 e. The zero-order chi connectivity index (χ0) is 11.2. The lowest BCUT2D eigenvalue weighted by atomic mass is 10.2. The quantitative estimate of drug-likeness (QED) is 0.717. The van der Waals surface area contributed by atoms with Crippen molar-refractivity contribution in [3.05, 3.63) is 66.0 Å². The second kappa shape index (κ2) is 5.97. The molecule has 0 aliphatic heterocycles. The molecule has 0 saturated carbocycles. The van der Waals surface area contributed by atoms with E-state index in [2.05, 4.69) is 12.1 Å². The number of hydrogen-bond donors (Lipinski definition) is 0. The maximum absolute atomic E-state index is 12.9. The Labute approximate surface area is 103 Å². The molecule has 0 unspecified atom stereocenters. The average Bonchev–Trinajstić information content (AvgIpc) is 2.30. The first-order chi connectivity index (χ1) is 7.84. The molecule has 0 amide bonds. The van der Waals surface area contributed by atoms with Gasteiger partial charge in [0.25, 0.3) is 0 Å². The van der Waals surface area contributed by atoms with Crippen LogP contribution in [0, 0.1) is 5.82 Å². The van der Waals surface area contributed by atoms with Crippen LogP contribution in [0.4, 0.5) is 4.39 Å². The summed E-state index contributed by atoms with van der Waals surface area (Å²) in [5.74, 6) is 0.653. The third-order valence-electron chi connectivity index (χ3n) is 2.01. The van der Waals surface area contributed by atoms with Crippen molar-refractivity contribution in [3.63, 3.8) is 0 Å². The maximum Gasteiger partial charge on any atom is 0.123 e. The van der Waals surface area contributed by atoms with E-state index in [0.717, 1.165) is 11.3 Å². The molecule has 0 fully saturated rings. The summed E-state index contributed by atoms with van der Waals surface area (Å²) in [6.07, 6.45) is 0. The highest BCUT2D eigenvalue weighted by Crippen LogP contribution is 2.33. The first kappa shape index (κ1) is 11.6. The summed E-state index contributed by atoms with van der Waals surface area (Å²) in [6.45, 7) is 0. The number of hydrogen-bond acceptors (Lipinski definition) is 2. The third kappa shape index (κ3) is 3.58. The molecule has 0 atom stereocenters. The van der Waals surface area contributed by atoms with Crippen molar-refractivity contribution in [1.29, 1.82) is 0 Å². The van der Waals surface area contributed by atoms with Crippen molar-refractivity contribution in [2.24, 2.45) is 0 Å². The Kier molecular flexibility index (Phi) is 4.31. The van der Waals surface area contributed by atoms with Crippen molar-refractivity contribution in [2.75, 3.05) is 0 Å². The van der Waals surface area contributed by atoms with Gasteiger partial charge in [-0.2, -0.15) is 0 Å². The van der Waals surface area contributed by atoms with Gasteiger partial charge < -0.3 is 0 Å². The summed E-state index contributed by atoms with van der Waals surface area (Å²) in [5, 5.41) is 0. The molecule has 2 aromatic rings. The van der Waals surface area contributed by atoms with E-state index in [4.69, 9.17) is 0 Å². The van der Waals surface area contributed by atoms with Gasteiger partial charge >= 0.3 is 0 Å². The third-order valence-corrected chi connectivity index (χ3v) is 4.33. The molecule has 0 saturated heterocycles. The van der Waals surface area contributed by atoms with E-state index in [1.54, 1.807) is 33.7 Å². The normalized spacial score (nSPS) is 10.3. The molecular weight excluding hydrogens is 239 g/mol. The fourth-order valence-corrected chi connectivity index (χ4v) is 3.37. The van der Waals surface area contributed by atoms with Gasteiger partial charge in [0.15, 0.2) is 0 Å². The Hall–Kier alpha value is -0.930. The van der Waals surface area contributed by atoms with Crippen LogP contribution in [0.5, 0.6) is 0 Å². The molecule has 82 valence electrons. The molecule has 0 aliphatic rings. The van der Waals surface area contributed by atoms with Crippen LogP contribution in [0.3, 0.4) is 0 Å². The molecule has 0 aliphatic carbocycles. The van der Waals surface area contributed by atoms with Crippen LogP contribution < -0.4 is 0 Å². The van der Waals surface area contributed by atoms with Crippen LogP contribution >= 0.6 is 21.6 Å². The standard InChI is InChI=1S/C13H11FS2/c14-12-6-4-5-11(9-12)10-15-16-13-7-2-1-3-8-13/h1-9H,10H2. The summed E-state index contributed by atoms with van der Waals surface area (Å²) in [6, 6.07) is 16.9. The van der Waals surface area contributed by atoms with Crippen molar-refractivity contribution in [1.82, 2.24) is 0 Å². The highest BCUT2D eigenvalue weighted by Gasteiger charge is 1.97. The van der Waals surface area contributed by atoms with Gasteiger partial charge in [-0.15, -0.1) is 0 Å². The molecule has 2 aromatic carbocycles. The van der Waals surface area contributed by atoms with Crippen LogP contribution in [0.25, 0.3) is 0 Å². The second-order valence-corrected chi connectivity index (χ2v) is 5.66. The predicted molar refractivity (Wildman–Crippen MR) is 70.0 cm³/mol. The molecular formula is C13H11FS2. The summed E-state index contributed by atoms with van der Waals surface area (Å²) in [5.41, 5.74) is 1.02. The van der Waals surface area contributed by atoms with E-state index >= 15 is 0 Å². The van der Waals surface area contributed by atoms with E-state index in [0.29, 0.717) is 0 Å². The van der Waals surface area contributed by atoms with Gasteiger partial charge in [0, 0.05) is 10.6 Å². The Morgan fingerprint density at radius 1 is 0.938 bits per heavy atom. The van der Waals surface area contributed by atoms with Crippen LogP contribution in [0.2, 0.25) is 0 Å². The van der Waals surface area contributed by atoms with Crippen LogP contribution in [0.1, 0.15) is 5.56 Å². The van der Waals surface area contributed by atoms with Gasteiger partial charge in [0.1, 0.15) is 5.82 Å². The zero-order valence-corrected chi connectivity index (χ0v) is 10.2. The fourth-order valence-electron chi connectivity index (χ4n) is 1.27. The lowest BCUT2D eigenvalue weighted by Crippen LogP contribution is -1.80. The topological polar surface area (TPSA) is 0 Å². The van der Waals surface area contributed by atoms with Crippen LogP contribution in [0.15, 0.2) is 59.5 Å². The van der Waals surface area contributed by atoms with E-state index < -0.39 is 0 Å². The van der Waals surface area contributed by atoms with Crippen LogP contribution in [-0.4, -0.2) is 0 Å². The summed E-state index contributed by atoms with van der Waals surface area (Å²) in [4.78, 5) is 1.23. The predicted octanol–water partition coefficient (Wildman–Crippen LogP) is 4.77. The second-order valence-electron chi connectivity index (χ2n) is 3.29. The average molecular weight is 250 g/mol. The van der Waals surface area contributed by atoms with Crippen LogP contribution in [-0.2, 0) is 5.75 Å². The van der Waals surface area contributed by atoms with Crippen molar-refractivity contribution < 1.29 is 4.39 Å². The van der Waals surface area contributed by atoms with Gasteiger partial charge in [0.2, 0.25) is 0 Å². The van der Waals surface area contributed by atoms with E-state index in [-0.39, 0.29) is 5.82 Å². The molecule has 0 radical (unpaired) electrons. The largest absolute Gasteiger partial charge is 0.207 e. The minimum absolute atomic E-state index is 0.164. The fraction of sp³-hybridized carbons (Fsp3) is 0.0769. The first-order valence-corrected chi connectivity index (χ1v) is 7.25. The van der Waals surface area contributed by atoms with Gasteiger partial charge in [-0.3, -0.25) is 0 Å². The maximum atomic E-state index is 12.9. The highest BCUT2D eigenvalue weighted by molar-refractivity contribution is 8.76. The number of benzene rings is 2. The van der Waals surface area contributed by atoms with Gasteiger partial charge in [-0.25, -0.2) is 4.39 Å². The van der Waals surface area contributed by atoms with Gasteiger partial charge in [-0.1, -0.05) is 51.9 Å². The molecule has 0 N–H and O–H groups in total. The number of rotatable bonds is 4. The van der Waals surface area contributed by atoms with Crippen molar-refractivity contribution in [2.45, 2.75) is 10.6 Å². The highest BCUT2D eigenvalue weighted by atomic mass is 33.1. The summed E-state index contributed by atoms with van der Waals surface area (Å²) < 4.78 is 12.9. The zero-order valence-electron chi connectivity index (χ0n) is 8.60. The Balaban J connectivity index is 1.85. The molecule has 0 nitrogen and oxygen atoms in total. The first-order valence-electron chi connectivity index (χ1n) is 4.93. The molecule has 2 rings (SSSR count). The van der Waals surface area contributed by atoms with Gasteiger partial charge in [0.05, 0.1) is 0 Å². The summed E-state index contributed by atoms with van der Waals surface area (Å²) in [7, 11) is 3.43. The monoisotopic (exact) mass is 250 g/mol.